The summed E-state index contributed by atoms with van der Waals surface area (Å²) in [6.07, 6.45) is -9.97. The van der Waals surface area contributed by atoms with Crippen molar-refractivity contribution in [3.05, 3.63) is 10.4 Å². The number of azide groups is 1. The van der Waals surface area contributed by atoms with Crippen LogP contribution in [0.2, 0.25) is 0 Å². The molecular weight excluding hydrogens is 210 g/mol. The number of hydrogen-bond donors (Lipinski definition) is 5. The topological polar surface area (TPSA) is 167 Å². The normalized spacial score (nSPS) is 20.6. The number of aliphatic hydroxyl groups excluding tert-OH is 5. The van der Waals surface area contributed by atoms with Gasteiger partial charge in [0.05, 0.1) is 0 Å². The minimum absolute atomic E-state index is 0.0550. The Morgan fingerprint density at radius 1 is 1.07 bits per heavy atom. The Balaban J connectivity index is 4.48. The highest BCUT2D eigenvalue weighted by molar-refractivity contribution is 5.56. The Morgan fingerprint density at radius 3 is 2.00 bits per heavy atom. The highest BCUT2D eigenvalue weighted by atomic mass is 16.4. The number of carbonyl (C=O) groups excluding carboxylic acids is 1. The van der Waals surface area contributed by atoms with E-state index in [9.17, 15) is 4.79 Å². The molecule has 0 aromatic carbocycles. The molecule has 0 aromatic rings. The van der Waals surface area contributed by atoms with Gasteiger partial charge >= 0.3 is 0 Å². The Hall–Kier alpha value is -1.22. The summed E-state index contributed by atoms with van der Waals surface area (Å²) in [5.41, 5.74) is 7.90. The van der Waals surface area contributed by atoms with Crippen LogP contribution in [-0.4, -0.2) is 62.5 Å². The quantitative estimate of drug-likeness (QED) is 0.141. The van der Waals surface area contributed by atoms with Gasteiger partial charge in [-0.05, 0) is 5.53 Å². The Morgan fingerprint density at radius 2 is 1.60 bits per heavy atom. The third-order valence-electron chi connectivity index (χ3n) is 1.66. The van der Waals surface area contributed by atoms with Gasteiger partial charge in [0, 0.05) is 4.91 Å². The number of rotatable bonds is 6. The third-order valence-corrected chi connectivity index (χ3v) is 1.66. The van der Waals surface area contributed by atoms with Gasteiger partial charge in [0.15, 0.2) is 12.5 Å². The second-order valence-electron chi connectivity index (χ2n) is 2.72. The Labute approximate surface area is 83.8 Å². The van der Waals surface area contributed by atoms with Crippen molar-refractivity contribution in [3.63, 3.8) is 0 Å². The van der Waals surface area contributed by atoms with Crippen molar-refractivity contribution < 1.29 is 30.3 Å². The molecule has 1 unspecified atom stereocenters. The van der Waals surface area contributed by atoms with Gasteiger partial charge in [-0.2, -0.15) is 0 Å². The predicted molar refractivity (Wildman–Crippen MR) is 45.2 cm³/mol. The summed E-state index contributed by atoms with van der Waals surface area (Å²) in [7, 11) is 0. The van der Waals surface area contributed by atoms with Gasteiger partial charge in [0.1, 0.15) is 24.4 Å². The molecule has 0 aliphatic carbocycles. The molecule has 0 bridgehead atoms. The highest BCUT2D eigenvalue weighted by Gasteiger charge is 2.33. The molecule has 0 fully saturated rings. The van der Waals surface area contributed by atoms with E-state index in [0.29, 0.717) is 0 Å². The largest absolute Gasteiger partial charge is 0.387 e. The van der Waals surface area contributed by atoms with E-state index in [2.05, 4.69) is 10.0 Å². The molecule has 9 nitrogen and oxygen atoms in total. The molecule has 0 spiro atoms. The van der Waals surface area contributed by atoms with Gasteiger partial charge < -0.3 is 30.3 Å². The molecule has 0 aliphatic heterocycles. The van der Waals surface area contributed by atoms with E-state index in [0.717, 1.165) is 0 Å². The predicted octanol–water partition coefficient (Wildman–Crippen LogP) is -2.74. The van der Waals surface area contributed by atoms with E-state index in [-0.39, 0.29) is 6.29 Å². The average Bonchev–Trinajstić information content (AvgIpc) is 2.25. The van der Waals surface area contributed by atoms with Crippen molar-refractivity contribution in [2.45, 2.75) is 30.6 Å². The van der Waals surface area contributed by atoms with Crippen LogP contribution in [0.25, 0.3) is 10.4 Å². The first kappa shape index (κ1) is 13.8. The second kappa shape index (κ2) is 6.30. The van der Waals surface area contributed by atoms with Crippen LogP contribution in [-0.2, 0) is 4.79 Å². The molecule has 9 heteroatoms. The standard InChI is InChI=1S/C6H11N3O6/c7-9-8-6(15)5(14)4(13)3(12)2(11)1-10/h1-6,11-15H/t2-,3+,4+,5-,6?/m0/s1. The lowest BCUT2D eigenvalue weighted by Gasteiger charge is -2.25. The van der Waals surface area contributed by atoms with Gasteiger partial charge in [-0.15, -0.1) is 0 Å². The summed E-state index contributed by atoms with van der Waals surface area (Å²) in [6.45, 7) is 0. The zero-order valence-corrected chi connectivity index (χ0v) is 7.45. The molecule has 5 N–H and O–H groups in total. The van der Waals surface area contributed by atoms with Gasteiger partial charge in [-0.25, -0.2) is 0 Å². The van der Waals surface area contributed by atoms with E-state index in [1.807, 2.05) is 0 Å². The van der Waals surface area contributed by atoms with Gasteiger partial charge in [0.25, 0.3) is 0 Å². The van der Waals surface area contributed by atoms with Crippen LogP contribution < -0.4 is 0 Å². The lowest BCUT2D eigenvalue weighted by atomic mass is 10.0. The summed E-state index contributed by atoms with van der Waals surface area (Å²) < 4.78 is 0. The molecule has 86 valence electrons. The summed E-state index contributed by atoms with van der Waals surface area (Å²) in [5, 5.41) is 47.6. The smallest absolute Gasteiger partial charge is 0.161 e. The zero-order chi connectivity index (χ0) is 12.0. The van der Waals surface area contributed by atoms with Crippen LogP contribution in [0.1, 0.15) is 0 Å². The van der Waals surface area contributed by atoms with Gasteiger partial charge in [-0.1, -0.05) is 5.11 Å². The lowest BCUT2D eigenvalue weighted by Crippen LogP contribution is -2.48. The number of carbonyl (C=O) groups is 1. The van der Waals surface area contributed by atoms with Crippen LogP contribution in [0.5, 0.6) is 0 Å². The first-order valence-electron chi connectivity index (χ1n) is 3.85. The molecular formula is C6H11N3O6. The van der Waals surface area contributed by atoms with Crippen molar-refractivity contribution in [1.29, 1.82) is 0 Å². The summed E-state index contributed by atoms with van der Waals surface area (Å²) in [4.78, 5) is 12.2. The first-order chi connectivity index (χ1) is 6.95. The molecule has 0 rings (SSSR count). The fourth-order valence-corrected chi connectivity index (χ4v) is 0.782. The minimum Gasteiger partial charge on any atom is -0.387 e. The molecule has 0 radical (unpaired) electrons. The number of aldehydes is 1. The van der Waals surface area contributed by atoms with Crippen molar-refractivity contribution in [2.75, 3.05) is 0 Å². The lowest BCUT2D eigenvalue weighted by molar-refractivity contribution is -0.143. The molecule has 0 saturated carbocycles. The summed E-state index contributed by atoms with van der Waals surface area (Å²) in [6, 6.07) is 0. The maximum absolute atomic E-state index is 10.0. The minimum atomic E-state index is -2.02. The number of nitrogens with zero attached hydrogens (tertiary/aromatic N) is 3. The highest BCUT2D eigenvalue weighted by Crippen LogP contribution is 2.08. The van der Waals surface area contributed by atoms with E-state index in [1.165, 1.54) is 0 Å². The van der Waals surface area contributed by atoms with E-state index in [1.54, 1.807) is 0 Å². The van der Waals surface area contributed by atoms with Crippen molar-refractivity contribution >= 4 is 6.29 Å². The number of aliphatic hydroxyl groups is 5. The molecule has 0 saturated heterocycles. The Bertz CT molecular complexity index is 255. The van der Waals surface area contributed by atoms with Crippen molar-refractivity contribution in [1.82, 2.24) is 0 Å². The monoisotopic (exact) mass is 221 g/mol. The van der Waals surface area contributed by atoms with Crippen LogP contribution in [0.3, 0.4) is 0 Å². The number of hydrogen-bond acceptors (Lipinski definition) is 7. The van der Waals surface area contributed by atoms with E-state index in [4.69, 9.17) is 31.1 Å². The second-order valence-corrected chi connectivity index (χ2v) is 2.72. The molecule has 5 atom stereocenters. The molecule has 0 heterocycles. The Kier molecular flexibility index (Phi) is 5.79. The van der Waals surface area contributed by atoms with Crippen LogP contribution in [0.4, 0.5) is 0 Å². The fourth-order valence-electron chi connectivity index (χ4n) is 0.782. The fraction of sp³-hybridized carbons (Fsp3) is 0.833. The van der Waals surface area contributed by atoms with E-state index < -0.39 is 30.6 Å². The molecule has 0 aromatic heterocycles. The van der Waals surface area contributed by atoms with E-state index >= 15 is 0 Å². The molecule has 15 heavy (non-hydrogen) atoms. The zero-order valence-electron chi connectivity index (χ0n) is 7.45. The third kappa shape index (κ3) is 3.80. The van der Waals surface area contributed by atoms with Crippen LogP contribution in [0, 0.1) is 0 Å². The molecule has 0 aliphatic rings. The van der Waals surface area contributed by atoms with Crippen molar-refractivity contribution in [3.8, 4) is 0 Å². The van der Waals surface area contributed by atoms with Gasteiger partial charge in [0.2, 0.25) is 0 Å². The molecule has 0 amide bonds. The SMILES string of the molecule is [N-]=[N+]=NC(O)[C@@H](O)[C@H](O)[C@H](O)[C@@H](O)C=O. The summed E-state index contributed by atoms with van der Waals surface area (Å²) in [5.74, 6) is 0. The van der Waals surface area contributed by atoms with Crippen LogP contribution in [0.15, 0.2) is 5.11 Å². The maximum atomic E-state index is 10.0. The maximum Gasteiger partial charge on any atom is 0.161 e. The average molecular weight is 221 g/mol. The summed E-state index contributed by atoms with van der Waals surface area (Å²) >= 11 is 0. The van der Waals surface area contributed by atoms with Crippen LogP contribution >= 0.6 is 0 Å². The van der Waals surface area contributed by atoms with Gasteiger partial charge in [-0.3, -0.25) is 0 Å². The first-order valence-corrected chi connectivity index (χ1v) is 3.85. The van der Waals surface area contributed by atoms with Crippen molar-refractivity contribution in [2.24, 2.45) is 5.11 Å².